The molecule has 0 saturated carbocycles. The number of hydrogen-bond donors (Lipinski definition) is 2. The van der Waals surface area contributed by atoms with E-state index >= 15 is 0 Å². The second-order valence-electron chi connectivity index (χ2n) is 5.43. The van der Waals surface area contributed by atoms with E-state index in [1.807, 2.05) is 30.3 Å². The molecule has 8 heteroatoms. The van der Waals surface area contributed by atoms with E-state index in [1.165, 1.54) is 7.11 Å². The molecule has 0 atom stereocenters. The van der Waals surface area contributed by atoms with E-state index < -0.39 is 11.9 Å². The van der Waals surface area contributed by atoms with E-state index in [4.69, 9.17) is 16.3 Å². The van der Waals surface area contributed by atoms with Gasteiger partial charge in [-0.2, -0.15) is 0 Å². The minimum atomic E-state index is -0.619. The summed E-state index contributed by atoms with van der Waals surface area (Å²) in [4.78, 5) is 36.4. The number of carbonyl (C=O) groups is 3. The molecule has 0 aliphatic carbocycles. The van der Waals surface area contributed by atoms with Gasteiger partial charge >= 0.3 is 5.97 Å². The van der Waals surface area contributed by atoms with Crippen LogP contribution in [0.15, 0.2) is 30.3 Å². The molecule has 0 unspecified atom stereocenters. The lowest BCUT2D eigenvalue weighted by Gasteiger charge is -2.05. The van der Waals surface area contributed by atoms with Crippen molar-refractivity contribution in [1.82, 2.24) is 5.32 Å². The summed E-state index contributed by atoms with van der Waals surface area (Å²) in [7, 11) is 1.24. The summed E-state index contributed by atoms with van der Waals surface area (Å²) in [6, 6.07) is 9.78. The number of rotatable bonds is 7. The van der Waals surface area contributed by atoms with Crippen molar-refractivity contribution in [2.75, 3.05) is 24.9 Å². The number of nitrogens with one attached hydrogen (secondary N) is 2. The summed E-state index contributed by atoms with van der Waals surface area (Å²) < 4.78 is 4.76. The Morgan fingerprint density at radius 3 is 2.50 bits per heavy atom. The molecule has 0 aliphatic heterocycles. The molecule has 1 aromatic heterocycles. The average molecular weight is 395 g/mol. The molecule has 0 spiro atoms. The van der Waals surface area contributed by atoms with Gasteiger partial charge in [0.1, 0.15) is 10.9 Å². The van der Waals surface area contributed by atoms with Gasteiger partial charge in [0.2, 0.25) is 5.91 Å². The molecule has 0 fully saturated rings. The zero-order valence-electron chi connectivity index (χ0n) is 14.4. The molecule has 2 rings (SSSR count). The molecule has 6 nitrogen and oxygen atoms in total. The Hall–Kier alpha value is -2.38. The molecule has 0 radical (unpaired) electrons. The lowest BCUT2D eigenvalue weighted by atomic mass is 10.1. The first-order chi connectivity index (χ1) is 12.5. The first-order valence-corrected chi connectivity index (χ1v) is 9.22. The van der Waals surface area contributed by atoms with Crippen molar-refractivity contribution in [3.05, 3.63) is 51.9 Å². The Kier molecular flexibility index (Phi) is 7.17. The Bertz CT molecular complexity index is 805. The Balaban J connectivity index is 2.15. The van der Waals surface area contributed by atoms with E-state index in [-0.39, 0.29) is 22.4 Å². The lowest BCUT2D eigenvalue weighted by Crippen LogP contribution is -2.25. The van der Waals surface area contributed by atoms with E-state index in [2.05, 4.69) is 10.6 Å². The number of esters is 1. The zero-order chi connectivity index (χ0) is 19.1. The molecule has 2 amide bonds. The maximum atomic E-state index is 12.5. The highest BCUT2D eigenvalue weighted by molar-refractivity contribution is 7.18. The number of methoxy groups -OCH3 is 1. The van der Waals surface area contributed by atoms with Gasteiger partial charge in [0.15, 0.2) is 0 Å². The van der Waals surface area contributed by atoms with Crippen LogP contribution in [0.3, 0.4) is 0 Å². The molecule has 0 saturated heterocycles. The van der Waals surface area contributed by atoms with Crippen molar-refractivity contribution < 1.29 is 19.1 Å². The fourth-order valence-electron chi connectivity index (χ4n) is 2.37. The van der Waals surface area contributed by atoms with Gasteiger partial charge in [0.25, 0.3) is 5.91 Å². The summed E-state index contributed by atoms with van der Waals surface area (Å²) in [6.45, 7) is 2.10. The number of hydrogen-bond acceptors (Lipinski definition) is 5. The summed E-state index contributed by atoms with van der Waals surface area (Å²) >= 11 is 6.53. The lowest BCUT2D eigenvalue weighted by molar-refractivity contribution is -0.113. The zero-order valence-corrected chi connectivity index (χ0v) is 16.0. The first-order valence-electron chi connectivity index (χ1n) is 7.87. The second-order valence-corrected chi connectivity index (χ2v) is 6.71. The summed E-state index contributed by atoms with van der Waals surface area (Å²) in [6.07, 6.45) is 0.691. The van der Waals surface area contributed by atoms with Crippen LogP contribution in [0, 0.1) is 6.92 Å². The van der Waals surface area contributed by atoms with Crippen molar-refractivity contribution in [2.45, 2.75) is 13.3 Å². The van der Waals surface area contributed by atoms with Gasteiger partial charge in [-0.1, -0.05) is 30.3 Å². The molecule has 0 bridgehead atoms. The molecule has 1 aromatic carbocycles. The number of benzene rings is 1. The number of amides is 2. The smallest absolute Gasteiger partial charge is 0.341 e. The number of anilines is 1. The van der Waals surface area contributed by atoms with Crippen LogP contribution in [0.1, 0.15) is 31.2 Å². The van der Waals surface area contributed by atoms with E-state index in [1.54, 1.807) is 6.92 Å². The van der Waals surface area contributed by atoms with Crippen LogP contribution in [-0.2, 0) is 16.0 Å². The number of thiophene rings is 1. The maximum Gasteiger partial charge on any atom is 0.341 e. The van der Waals surface area contributed by atoms with Gasteiger partial charge < -0.3 is 15.4 Å². The highest BCUT2D eigenvalue weighted by atomic mass is 35.5. The number of halogens is 1. The molecule has 138 valence electrons. The van der Waals surface area contributed by atoms with Crippen LogP contribution < -0.4 is 10.6 Å². The largest absolute Gasteiger partial charge is 0.465 e. The van der Waals surface area contributed by atoms with Gasteiger partial charge in [-0.3, -0.25) is 9.59 Å². The number of carbonyl (C=O) groups excluding carboxylic acids is 3. The minimum absolute atomic E-state index is 0.171. The van der Waals surface area contributed by atoms with Gasteiger partial charge in [0, 0.05) is 6.54 Å². The molecule has 1 heterocycles. The SMILES string of the molecule is COC(=O)c1c(NC(=O)CCl)sc(C(=O)NCCc2ccccc2)c1C. The minimum Gasteiger partial charge on any atom is -0.465 e. The van der Waals surface area contributed by atoms with Crippen LogP contribution in [0.5, 0.6) is 0 Å². The Morgan fingerprint density at radius 2 is 1.88 bits per heavy atom. The Morgan fingerprint density at radius 1 is 1.19 bits per heavy atom. The quantitative estimate of drug-likeness (QED) is 0.558. The fraction of sp³-hybridized carbons (Fsp3) is 0.278. The van der Waals surface area contributed by atoms with E-state index in [0.29, 0.717) is 23.4 Å². The van der Waals surface area contributed by atoms with Crippen LogP contribution in [0.4, 0.5) is 5.00 Å². The van der Waals surface area contributed by atoms with Crippen molar-refractivity contribution in [3.63, 3.8) is 0 Å². The third kappa shape index (κ3) is 4.83. The summed E-state index contributed by atoms with van der Waals surface area (Å²) in [5, 5.41) is 5.63. The third-order valence-electron chi connectivity index (χ3n) is 3.66. The average Bonchev–Trinajstić information content (AvgIpc) is 2.97. The highest BCUT2D eigenvalue weighted by Crippen LogP contribution is 2.33. The second kappa shape index (κ2) is 9.35. The van der Waals surface area contributed by atoms with Crippen molar-refractivity contribution in [2.24, 2.45) is 0 Å². The van der Waals surface area contributed by atoms with Crippen LogP contribution in [-0.4, -0.2) is 37.3 Å². The molecule has 2 aromatic rings. The molecule has 0 aliphatic rings. The van der Waals surface area contributed by atoms with E-state index in [9.17, 15) is 14.4 Å². The topological polar surface area (TPSA) is 84.5 Å². The van der Waals surface area contributed by atoms with Crippen LogP contribution in [0.2, 0.25) is 0 Å². The molecular formula is C18H19ClN2O4S. The summed E-state index contributed by atoms with van der Waals surface area (Å²) in [5.41, 5.74) is 1.74. The fourth-order valence-corrected chi connectivity index (χ4v) is 3.57. The van der Waals surface area contributed by atoms with Gasteiger partial charge in [-0.05, 0) is 24.5 Å². The van der Waals surface area contributed by atoms with Crippen molar-refractivity contribution in [1.29, 1.82) is 0 Å². The molecule has 26 heavy (non-hydrogen) atoms. The number of ether oxygens (including phenoxy) is 1. The number of alkyl halides is 1. The summed E-state index contributed by atoms with van der Waals surface area (Å²) in [5.74, 6) is -1.64. The highest BCUT2D eigenvalue weighted by Gasteiger charge is 2.26. The van der Waals surface area contributed by atoms with Crippen molar-refractivity contribution in [3.8, 4) is 0 Å². The van der Waals surface area contributed by atoms with Crippen LogP contribution >= 0.6 is 22.9 Å². The normalized spacial score (nSPS) is 10.3. The predicted molar refractivity (Wildman–Crippen MR) is 102 cm³/mol. The standard InChI is InChI=1S/C18H19ClN2O4S/c1-11-14(18(24)25-2)17(21-13(22)10-19)26-15(11)16(23)20-9-8-12-6-4-3-5-7-12/h3-7H,8-10H2,1-2H3,(H,20,23)(H,21,22). The molecule has 2 N–H and O–H groups in total. The maximum absolute atomic E-state index is 12.5. The van der Waals surface area contributed by atoms with Crippen LogP contribution in [0.25, 0.3) is 0 Å². The monoisotopic (exact) mass is 394 g/mol. The van der Waals surface area contributed by atoms with Gasteiger partial charge in [-0.15, -0.1) is 22.9 Å². The Labute approximate surface area is 160 Å². The first kappa shape index (κ1) is 19.9. The van der Waals surface area contributed by atoms with Crippen molar-refractivity contribution >= 4 is 45.7 Å². The van der Waals surface area contributed by atoms with E-state index in [0.717, 1.165) is 16.9 Å². The third-order valence-corrected chi connectivity index (χ3v) is 5.11. The molecular weight excluding hydrogens is 376 g/mol. The van der Waals surface area contributed by atoms with Gasteiger partial charge in [-0.25, -0.2) is 4.79 Å². The van der Waals surface area contributed by atoms with Gasteiger partial charge in [0.05, 0.1) is 17.6 Å². The predicted octanol–water partition coefficient (Wildman–Crippen LogP) is 2.99.